The molecule has 0 aliphatic rings. The lowest BCUT2D eigenvalue weighted by molar-refractivity contribution is -0.313. The third-order valence-corrected chi connectivity index (χ3v) is 1.93. The molecule has 1 aromatic rings. The van der Waals surface area contributed by atoms with Gasteiger partial charge in [0.2, 0.25) is 0 Å². The smallest absolute Gasteiger partial charge is 0.138 e. The highest BCUT2D eigenvalue weighted by Crippen LogP contribution is 2.14. The maximum Gasteiger partial charge on any atom is 0.138 e. The Labute approximate surface area is 83.3 Å². The van der Waals surface area contributed by atoms with Gasteiger partial charge in [-0.3, -0.25) is 0 Å². The minimum Gasteiger partial charge on any atom is -0.546 e. The van der Waals surface area contributed by atoms with E-state index in [1.165, 1.54) is 0 Å². The van der Waals surface area contributed by atoms with Gasteiger partial charge in [-0.25, -0.2) is 0 Å². The first-order valence-electron chi connectivity index (χ1n) is 4.57. The highest BCUT2D eigenvalue weighted by atomic mass is 16.5. The summed E-state index contributed by atoms with van der Waals surface area (Å²) in [5, 5.41) is 10.6. The van der Waals surface area contributed by atoms with Crippen molar-refractivity contribution in [2.24, 2.45) is 0 Å². The Bertz CT molecular complexity index is 303. The Morgan fingerprint density at radius 3 is 2.43 bits per heavy atom. The number of carboxylic acids is 1. The van der Waals surface area contributed by atoms with Crippen LogP contribution in [0.1, 0.15) is 18.9 Å². The summed E-state index contributed by atoms with van der Waals surface area (Å²) in [6, 6.07) is 7.25. The van der Waals surface area contributed by atoms with Crippen molar-refractivity contribution in [1.29, 1.82) is 0 Å². The van der Waals surface area contributed by atoms with Crippen LogP contribution < -0.4 is 9.84 Å². The van der Waals surface area contributed by atoms with Gasteiger partial charge in [0.15, 0.2) is 0 Å². The average molecular weight is 193 g/mol. The van der Waals surface area contributed by atoms with Crippen LogP contribution in [0.3, 0.4) is 0 Å². The number of hydrogen-bond donors (Lipinski definition) is 0. The van der Waals surface area contributed by atoms with Crippen LogP contribution in [-0.2, 0) is 4.79 Å². The first kappa shape index (κ1) is 10.6. The van der Waals surface area contributed by atoms with Gasteiger partial charge < -0.3 is 14.6 Å². The Balaban J connectivity index is 2.67. The molecule has 0 fully saturated rings. The normalized spacial score (nSPS) is 12.1. The topological polar surface area (TPSA) is 49.4 Å². The minimum absolute atomic E-state index is 0.399. The van der Waals surface area contributed by atoms with Gasteiger partial charge in [0, 0.05) is 0 Å². The molecule has 0 heterocycles. The molecule has 3 heteroatoms. The molecule has 0 saturated carbocycles. The third kappa shape index (κ3) is 2.76. The van der Waals surface area contributed by atoms with Crippen molar-refractivity contribution in [3.63, 3.8) is 0 Å². The van der Waals surface area contributed by atoms with Crippen molar-refractivity contribution in [3.8, 4) is 5.75 Å². The van der Waals surface area contributed by atoms with Crippen LogP contribution >= 0.6 is 0 Å². The second-order valence-corrected chi connectivity index (χ2v) is 3.15. The van der Waals surface area contributed by atoms with E-state index in [2.05, 4.69) is 0 Å². The van der Waals surface area contributed by atoms with Crippen LogP contribution in [-0.4, -0.2) is 12.1 Å². The fraction of sp³-hybridized carbons (Fsp3) is 0.364. The number of aliphatic carboxylic acids is 1. The van der Waals surface area contributed by atoms with Crippen LogP contribution in [0.2, 0.25) is 0 Å². The first-order valence-corrected chi connectivity index (χ1v) is 4.57. The van der Waals surface area contributed by atoms with Gasteiger partial charge in [0.1, 0.15) is 11.9 Å². The van der Waals surface area contributed by atoms with Crippen LogP contribution in [0.4, 0.5) is 0 Å². The maximum atomic E-state index is 10.6. The van der Waals surface area contributed by atoms with Gasteiger partial charge in [-0.15, -0.1) is 0 Å². The summed E-state index contributed by atoms with van der Waals surface area (Å²) >= 11 is 0. The molecule has 0 aliphatic heterocycles. The number of hydrogen-bond acceptors (Lipinski definition) is 3. The lowest BCUT2D eigenvalue weighted by Gasteiger charge is -2.18. The molecule has 3 nitrogen and oxygen atoms in total. The largest absolute Gasteiger partial charge is 0.546 e. The molecule has 0 amide bonds. The lowest BCUT2D eigenvalue weighted by atomic mass is 10.2. The van der Waals surface area contributed by atoms with E-state index in [0.717, 1.165) is 5.56 Å². The summed E-state index contributed by atoms with van der Waals surface area (Å²) in [4.78, 5) is 10.6. The fourth-order valence-corrected chi connectivity index (χ4v) is 1.08. The molecule has 14 heavy (non-hydrogen) atoms. The fourth-order valence-electron chi connectivity index (χ4n) is 1.08. The van der Waals surface area contributed by atoms with Crippen LogP contribution in [0, 0.1) is 6.92 Å². The molecule has 1 atom stereocenters. The minimum atomic E-state index is -1.17. The van der Waals surface area contributed by atoms with Gasteiger partial charge in [-0.05, 0) is 25.5 Å². The number of carboxylic acid groups (broad SMARTS) is 1. The first-order chi connectivity index (χ1) is 6.63. The van der Waals surface area contributed by atoms with Gasteiger partial charge in [0.05, 0.1) is 5.97 Å². The highest BCUT2D eigenvalue weighted by Gasteiger charge is 2.08. The van der Waals surface area contributed by atoms with Crippen molar-refractivity contribution in [1.82, 2.24) is 0 Å². The van der Waals surface area contributed by atoms with Crippen molar-refractivity contribution in [2.45, 2.75) is 26.4 Å². The molecule has 0 aliphatic carbocycles. The van der Waals surface area contributed by atoms with Crippen molar-refractivity contribution in [2.75, 3.05) is 0 Å². The molecular weight excluding hydrogens is 180 g/mol. The SMILES string of the molecule is CC[C@@H](Oc1ccc(C)cc1)C(=O)[O-]. The van der Waals surface area contributed by atoms with Crippen molar-refractivity contribution < 1.29 is 14.6 Å². The van der Waals surface area contributed by atoms with E-state index < -0.39 is 12.1 Å². The summed E-state index contributed by atoms with van der Waals surface area (Å²) in [6.07, 6.45) is -0.464. The van der Waals surface area contributed by atoms with E-state index in [4.69, 9.17) is 4.74 Å². The van der Waals surface area contributed by atoms with Crippen molar-refractivity contribution in [3.05, 3.63) is 29.8 Å². The van der Waals surface area contributed by atoms with Gasteiger partial charge in [-0.1, -0.05) is 24.6 Å². The van der Waals surface area contributed by atoms with Crippen LogP contribution in [0.25, 0.3) is 0 Å². The molecular formula is C11H13O3-. The Hall–Kier alpha value is -1.51. The molecule has 76 valence electrons. The molecule has 0 N–H and O–H groups in total. The molecule has 0 unspecified atom stereocenters. The van der Waals surface area contributed by atoms with E-state index >= 15 is 0 Å². The number of aryl methyl sites for hydroxylation is 1. The van der Waals surface area contributed by atoms with E-state index in [9.17, 15) is 9.90 Å². The zero-order valence-corrected chi connectivity index (χ0v) is 8.32. The Morgan fingerprint density at radius 1 is 1.43 bits per heavy atom. The van der Waals surface area contributed by atoms with E-state index in [-0.39, 0.29) is 0 Å². The molecule has 0 saturated heterocycles. The predicted molar refractivity (Wildman–Crippen MR) is 50.9 cm³/mol. The molecule has 0 spiro atoms. The summed E-state index contributed by atoms with van der Waals surface area (Å²) in [5.74, 6) is -0.611. The standard InChI is InChI=1S/C11H14O3/c1-3-10(11(12)13)14-9-6-4-8(2)5-7-9/h4-7,10H,3H2,1-2H3,(H,12,13)/p-1/t10-/m1/s1. The molecule has 0 aromatic heterocycles. The van der Waals surface area contributed by atoms with Gasteiger partial charge in [-0.2, -0.15) is 0 Å². The summed E-state index contributed by atoms with van der Waals surface area (Å²) in [5.41, 5.74) is 1.11. The van der Waals surface area contributed by atoms with Gasteiger partial charge in [0.25, 0.3) is 0 Å². The summed E-state index contributed by atoms with van der Waals surface area (Å²) < 4.78 is 5.22. The molecule has 1 rings (SSSR count). The average Bonchev–Trinajstić information content (AvgIpc) is 2.16. The number of ether oxygens (including phenoxy) is 1. The predicted octanol–water partition coefficient (Wildman–Crippen LogP) is 0.902. The van der Waals surface area contributed by atoms with E-state index in [0.29, 0.717) is 12.2 Å². The second kappa shape index (κ2) is 4.65. The number of benzene rings is 1. The number of carbonyl (C=O) groups excluding carboxylic acids is 1. The second-order valence-electron chi connectivity index (χ2n) is 3.15. The zero-order valence-electron chi connectivity index (χ0n) is 8.32. The summed E-state index contributed by atoms with van der Waals surface area (Å²) in [7, 11) is 0. The highest BCUT2D eigenvalue weighted by molar-refractivity contribution is 5.70. The lowest BCUT2D eigenvalue weighted by Crippen LogP contribution is -2.39. The van der Waals surface area contributed by atoms with E-state index in [1.54, 1.807) is 19.1 Å². The van der Waals surface area contributed by atoms with Crippen LogP contribution in [0.5, 0.6) is 5.75 Å². The Kier molecular flexibility index (Phi) is 3.51. The molecule has 0 radical (unpaired) electrons. The molecule has 1 aromatic carbocycles. The van der Waals surface area contributed by atoms with E-state index in [1.807, 2.05) is 19.1 Å². The zero-order chi connectivity index (χ0) is 10.6. The number of rotatable bonds is 4. The Morgan fingerprint density at radius 2 is 2.00 bits per heavy atom. The third-order valence-electron chi connectivity index (χ3n) is 1.93. The van der Waals surface area contributed by atoms with Gasteiger partial charge >= 0.3 is 0 Å². The van der Waals surface area contributed by atoms with Crippen molar-refractivity contribution >= 4 is 5.97 Å². The summed E-state index contributed by atoms with van der Waals surface area (Å²) in [6.45, 7) is 3.70. The van der Waals surface area contributed by atoms with Crippen LogP contribution in [0.15, 0.2) is 24.3 Å². The monoisotopic (exact) mass is 193 g/mol. The number of carbonyl (C=O) groups is 1. The maximum absolute atomic E-state index is 10.6. The molecule has 0 bridgehead atoms. The quantitative estimate of drug-likeness (QED) is 0.713.